The molecule has 0 saturated carbocycles. The van der Waals surface area contributed by atoms with Crippen LogP contribution in [-0.4, -0.2) is 47.6 Å². The van der Waals surface area contributed by atoms with Gasteiger partial charge in [-0.05, 0) is 18.2 Å². The smallest absolute Gasteiger partial charge is 0.317 e. The summed E-state index contributed by atoms with van der Waals surface area (Å²) in [5.74, 6) is 0.00983. The molecule has 0 aliphatic heterocycles. The quantitative estimate of drug-likeness (QED) is 0.774. The summed E-state index contributed by atoms with van der Waals surface area (Å²) in [5.41, 5.74) is 0.922. The van der Waals surface area contributed by atoms with Crippen molar-refractivity contribution in [2.24, 2.45) is 0 Å². The molecule has 0 saturated heterocycles. The summed E-state index contributed by atoms with van der Waals surface area (Å²) >= 11 is 1.68. The molecule has 0 spiro atoms. The van der Waals surface area contributed by atoms with Gasteiger partial charge in [0.2, 0.25) is 0 Å². The molecule has 1 rings (SSSR count). The summed E-state index contributed by atoms with van der Waals surface area (Å²) in [5, 5.41) is 11.8. The van der Waals surface area contributed by atoms with Crippen LogP contribution in [0.25, 0.3) is 0 Å². The van der Waals surface area contributed by atoms with Crippen molar-refractivity contribution in [2.45, 2.75) is 18.9 Å². The summed E-state index contributed by atoms with van der Waals surface area (Å²) in [7, 11) is 1.74. The number of carboxylic acids is 1. The Balaban J connectivity index is 2.68. The van der Waals surface area contributed by atoms with Crippen molar-refractivity contribution in [3.8, 4) is 0 Å². The highest BCUT2D eigenvalue weighted by atomic mass is 32.2. The summed E-state index contributed by atoms with van der Waals surface area (Å²) in [6.45, 7) is 0.660. The highest BCUT2D eigenvalue weighted by molar-refractivity contribution is 7.98. The van der Waals surface area contributed by atoms with Crippen LogP contribution in [0.1, 0.15) is 24.4 Å². The number of amides is 2. The lowest BCUT2D eigenvalue weighted by Crippen LogP contribution is -2.40. The first kappa shape index (κ1) is 17.4. The lowest BCUT2D eigenvalue weighted by Gasteiger charge is -2.23. The average Bonchev–Trinajstić information content (AvgIpc) is 2.49. The summed E-state index contributed by atoms with van der Waals surface area (Å²) in [6.07, 6.45) is 2.39. The molecule has 2 amide bonds. The number of nitrogens with zero attached hydrogens (tertiary/aromatic N) is 1. The fraction of sp³-hybridized carbons (Fsp3) is 0.467. The van der Waals surface area contributed by atoms with Crippen LogP contribution in [-0.2, 0) is 4.79 Å². The Bertz CT molecular complexity index is 453. The van der Waals surface area contributed by atoms with Crippen molar-refractivity contribution in [3.63, 3.8) is 0 Å². The molecule has 2 N–H and O–H groups in total. The summed E-state index contributed by atoms with van der Waals surface area (Å²) < 4.78 is 0. The molecule has 0 aliphatic rings. The lowest BCUT2D eigenvalue weighted by molar-refractivity contribution is -0.137. The first-order valence-corrected chi connectivity index (χ1v) is 8.21. The average molecular weight is 310 g/mol. The van der Waals surface area contributed by atoms with Gasteiger partial charge in [0, 0.05) is 25.8 Å². The van der Waals surface area contributed by atoms with Gasteiger partial charge < -0.3 is 15.3 Å². The van der Waals surface area contributed by atoms with E-state index in [-0.39, 0.29) is 18.5 Å². The zero-order valence-electron chi connectivity index (χ0n) is 12.4. The predicted molar refractivity (Wildman–Crippen MR) is 85.6 cm³/mol. The minimum atomic E-state index is -0.860. The molecule has 0 bridgehead atoms. The van der Waals surface area contributed by atoms with Gasteiger partial charge in [0.15, 0.2) is 0 Å². The molecule has 0 aliphatic carbocycles. The Kier molecular flexibility index (Phi) is 7.68. The van der Waals surface area contributed by atoms with E-state index in [0.29, 0.717) is 13.0 Å². The number of thioether (sulfide) groups is 1. The molecule has 1 unspecified atom stereocenters. The zero-order valence-corrected chi connectivity index (χ0v) is 13.2. The Hall–Kier alpha value is -1.69. The second-order valence-corrected chi connectivity index (χ2v) is 5.75. The van der Waals surface area contributed by atoms with Crippen molar-refractivity contribution >= 4 is 23.8 Å². The van der Waals surface area contributed by atoms with Gasteiger partial charge in [-0.3, -0.25) is 4.79 Å². The molecule has 116 valence electrons. The van der Waals surface area contributed by atoms with Crippen molar-refractivity contribution in [3.05, 3.63) is 35.9 Å². The van der Waals surface area contributed by atoms with E-state index < -0.39 is 5.97 Å². The number of urea groups is 1. The molecule has 1 aromatic rings. The normalized spacial score (nSPS) is 11.7. The van der Waals surface area contributed by atoms with Gasteiger partial charge in [0.1, 0.15) is 0 Å². The van der Waals surface area contributed by atoms with Crippen molar-refractivity contribution in [2.75, 3.05) is 25.6 Å². The number of benzene rings is 1. The van der Waals surface area contributed by atoms with Gasteiger partial charge in [-0.25, -0.2) is 4.79 Å². The van der Waals surface area contributed by atoms with E-state index in [0.717, 1.165) is 11.3 Å². The van der Waals surface area contributed by atoms with E-state index in [9.17, 15) is 9.59 Å². The molecular weight excluding hydrogens is 288 g/mol. The Morgan fingerprint density at radius 3 is 2.57 bits per heavy atom. The minimum absolute atomic E-state index is 0.0222. The van der Waals surface area contributed by atoms with Crippen LogP contribution in [0.4, 0.5) is 4.79 Å². The highest BCUT2D eigenvalue weighted by Gasteiger charge is 2.17. The standard InChI is InChI=1S/C15H22N2O3S/c1-17(10-11-21-2)15(20)16-13(8-9-14(18)19)12-6-4-3-5-7-12/h3-7,13H,8-11H2,1-2H3,(H,16,20)(H,18,19). The third kappa shape index (κ3) is 6.53. The predicted octanol–water partition coefficient (Wildman–Crippen LogP) is 2.60. The van der Waals surface area contributed by atoms with Crippen LogP contribution < -0.4 is 5.32 Å². The number of rotatable bonds is 8. The lowest BCUT2D eigenvalue weighted by atomic mass is 10.0. The second-order valence-electron chi connectivity index (χ2n) is 4.76. The SMILES string of the molecule is CSCCN(C)C(=O)NC(CCC(=O)O)c1ccccc1. The number of carbonyl (C=O) groups is 2. The molecule has 1 aromatic carbocycles. The maximum absolute atomic E-state index is 12.1. The third-order valence-corrected chi connectivity index (χ3v) is 3.71. The largest absolute Gasteiger partial charge is 0.481 e. The fourth-order valence-corrected chi connectivity index (χ4v) is 2.32. The molecular formula is C15H22N2O3S. The first-order valence-electron chi connectivity index (χ1n) is 6.82. The van der Waals surface area contributed by atoms with Crippen molar-refractivity contribution in [1.29, 1.82) is 0 Å². The molecule has 21 heavy (non-hydrogen) atoms. The Morgan fingerprint density at radius 1 is 1.33 bits per heavy atom. The van der Waals surface area contributed by atoms with Crippen LogP contribution in [0.15, 0.2) is 30.3 Å². The number of carbonyl (C=O) groups excluding carboxylic acids is 1. The monoisotopic (exact) mass is 310 g/mol. The maximum atomic E-state index is 12.1. The molecule has 0 heterocycles. The second kappa shape index (κ2) is 9.28. The van der Waals surface area contributed by atoms with E-state index in [4.69, 9.17) is 5.11 Å². The molecule has 1 atom stereocenters. The van der Waals surface area contributed by atoms with Gasteiger partial charge in [0.05, 0.1) is 6.04 Å². The van der Waals surface area contributed by atoms with Gasteiger partial charge >= 0.3 is 12.0 Å². The Labute approximate surface area is 129 Å². The molecule has 0 fully saturated rings. The van der Waals surface area contributed by atoms with E-state index in [1.54, 1.807) is 23.7 Å². The van der Waals surface area contributed by atoms with Gasteiger partial charge in [-0.1, -0.05) is 30.3 Å². The topological polar surface area (TPSA) is 69.6 Å². The maximum Gasteiger partial charge on any atom is 0.317 e. The first-order chi connectivity index (χ1) is 10.0. The number of hydrogen-bond donors (Lipinski definition) is 2. The van der Waals surface area contributed by atoms with Crippen molar-refractivity contribution in [1.82, 2.24) is 10.2 Å². The Morgan fingerprint density at radius 2 is 2.00 bits per heavy atom. The molecule has 5 nitrogen and oxygen atoms in total. The molecule has 6 heteroatoms. The van der Waals surface area contributed by atoms with Crippen molar-refractivity contribution < 1.29 is 14.7 Å². The number of aliphatic carboxylic acids is 1. The van der Waals surface area contributed by atoms with Crippen LogP contribution in [0.2, 0.25) is 0 Å². The number of carboxylic acid groups (broad SMARTS) is 1. The zero-order chi connectivity index (χ0) is 15.7. The van der Waals surface area contributed by atoms with E-state index >= 15 is 0 Å². The van der Waals surface area contributed by atoms with E-state index in [1.165, 1.54) is 0 Å². The van der Waals surface area contributed by atoms with Crippen LogP contribution in [0.5, 0.6) is 0 Å². The highest BCUT2D eigenvalue weighted by Crippen LogP contribution is 2.18. The molecule has 0 aromatic heterocycles. The van der Waals surface area contributed by atoms with Crippen LogP contribution >= 0.6 is 11.8 Å². The van der Waals surface area contributed by atoms with Gasteiger partial charge in [-0.2, -0.15) is 11.8 Å². The van der Waals surface area contributed by atoms with E-state index in [2.05, 4.69) is 5.32 Å². The number of hydrogen-bond acceptors (Lipinski definition) is 3. The van der Waals surface area contributed by atoms with Gasteiger partial charge in [0.25, 0.3) is 0 Å². The third-order valence-electron chi connectivity index (χ3n) is 3.12. The summed E-state index contributed by atoms with van der Waals surface area (Å²) in [4.78, 5) is 24.5. The minimum Gasteiger partial charge on any atom is -0.481 e. The summed E-state index contributed by atoms with van der Waals surface area (Å²) in [6, 6.07) is 8.99. The molecule has 0 radical (unpaired) electrons. The van der Waals surface area contributed by atoms with Crippen LogP contribution in [0, 0.1) is 0 Å². The van der Waals surface area contributed by atoms with Gasteiger partial charge in [-0.15, -0.1) is 0 Å². The number of nitrogens with one attached hydrogen (secondary N) is 1. The van der Waals surface area contributed by atoms with E-state index in [1.807, 2.05) is 36.6 Å². The van der Waals surface area contributed by atoms with Crippen LogP contribution in [0.3, 0.4) is 0 Å². The fourth-order valence-electron chi connectivity index (χ4n) is 1.86.